The van der Waals surface area contributed by atoms with Gasteiger partial charge in [-0.05, 0) is 25.0 Å². The van der Waals surface area contributed by atoms with Crippen molar-refractivity contribution in [3.8, 4) is 5.88 Å². The molecule has 2 N–H and O–H groups in total. The summed E-state index contributed by atoms with van der Waals surface area (Å²) in [6.45, 7) is 0. The molecule has 1 fully saturated rings. The second-order valence-electron chi connectivity index (χ2n) is 5.53. The van der Waals surface area contributed by atoms with Crippen LogP contribution in [0.25, 0.3) is 0 Å². The maximum absolute atomic E-state index is 12.0. The maximum atomic E-state index is 12.0. The van der Waals surface area contributed by atoms with E-state index in [1.807, 2.05) is 0 Å². The first kappa shape index (κ1) is 16.3. The average Bonchev–Trinajstić information content (AvgIpc) is 2.50. The van der Waals surface area contributed by atoms with E-state index in [0.29, 0.717) is 5.69 Å². The van der Waals surface area contributed by atoms with Crippen LogP contribution in [0, 0.1) is 0 Å². The van der Waals surface area contributed by atoms with Gasteiger partial charge in [0.25, 0.3) is 0 Å². The summed E-state index contributed by atoms with van der Waals surface area (Å²) < 4.78 is 5.05. The Morgan fingerprint density at radius 1 is 1.14 bits per heavy atom. The number of hydrogen-bond donors (Lipinski definition) is 2. The summed E-state index contributed by atoms with van der Waals surface area (Å²) in [6.07, 6.45) is 9.30. The minimum absolute atomic E-state index is 0.0920. The topological polar surface area (TPSA) is 80.3 Å². The fraction of sp³-hybridized carbons (Fsp3) is 0.562. The van der Waals surface area contributed by atoms with Crippen molar-refractivity contribution < 1.29 is 14.3 Å². The monoisotopic (exact) mass is 305 g/mol. The number of aromatic nitrogens is 1. The van der Waals surface area contributed by atoms with Crippen molar-refractivity contribution in [2.75, 3.05) is 12.4 Å². The van der Waals surface area contributed by atoms with Gasteiger partial charge in [-0.15, -0.1) is 0 Å². The number of pyridine rings is 1. The molecule has 1 saturated carbocycles. The van der Waals surface area contributed by atoms with Crippen LogP contribution in [-0.2, 0) is 9.59 Å². The molecule has 1 aliphatic carbocycles. The molecule has 6 heteroatoms. The molecule has 0 bridgehead atoms. The number of ether oxygens (including phenoxy) is 1. The van der Waals surface area contributed by atoms with Gasteiger partial charge in [0.1, 0.15) is 5.69 Å². The van der Waals surface area contributed by atoms with Gasteiger partial charge in [0.2, 0.25) is 5.88 Å². The third-order valence-corrected chi connectivity index (χ3v) is 3.86. The molecule has 0 unspecified atom stereocenters. The summed E-state index contributed by atoms with van der Waals surface area (Å²) in [5.41, 5.74) is 0.391. The van der Waals surface area contributed by atoms with Crippen LogP contribution in [0.2, 0.25) is 0 Å². The molecule has 0 atom stereocenters. The summed E-state index contributed by atoms with van der Waals surface area (Å²) in [7, 11) is 1.46. The normalized spacial score (nSPS) is 16.2. The summed E-state index contributed by atoms with van der Waals surface area (Å²) in [5.74, 6) is -1.00. The number of hydrogen-bond acceptors (Lipinski definition) is 4. The average molecular weight is 305 g/mol. The molecule has 0 saturated heterocycles. The van der Waals surface area contributed by atoms with Crippen LogP contribution < -0.4 is 15.4 Å². The third-order valence-electron chi connectivity index (χ3n) is 3.86. The number of methoxy groups -OCH3 is 1. The Hall–Kier alpha value is -2.11. The van der Waals surface area contributed by atoms with Gasteiger partial charge in [0.05, 0.1) is 7.11 Å². The van der Waals surface area contributed by atoms with Crippen molar-refractivity contribution >= 4 is 17.5 Å². The highest BCUT2D eigenvalue weighted by Crippen LogP contribution is 2.20. The molecule has 0 radical (unpaired) electrons. The van der Waals surface area contributed by atoms with E-state index in [-0.39, 0.29) is 11.9 Å². The van der Waals surface area contributed by atoms with E-state index >= 15 is 0 Å². The quantitative estimate of drug-likeness (QED) is 0.839. The second-order valence-corrected chi connectivity index (χ2v) is 5.53. The third kappa shape index (κ3) is 4.72. The van der Waals surface area contributed by atoms with E-state index < -0.39 is 11.8 Å². The molecule has 120 valence electrons. The van der Waals surface area contributed by atoms with Crippen molar-refractivity contribution in [2.24, 2.45) is 0 Å². The number of nitrogens with one attached hydrogen (secondary N) is 2. The first-order valence-electron chi connectivity index (χ1n) is 7.81. The van der Waals surface area contributed by atoms with E-state index in [1.165, 1.54) is 26.4 Å². The van der Waals surface area contributed by atoms with E-state index in [1.54, 1.807) is 18.3 Å². The van der Waals surface area contributed by atoms with Gasteiger partial charge < -0.3 is 15.4 Å². The lowest BCUT2D eigenvalue weighted by Gasteiger charge is -2.20. The van der Waals surface area contributed by atoms with Crippen LogP contribution in [0.5, 0.6) is 5.88 Å². The Labute approximate surface area is 130 Å². The van der Waals surface area contributed by atoms with Crippen LogP contribution in [-0.4, -0.2) is 29.9 Å². The highest BCUT2D eigenvalue weighted by molar-refractivity contribution is 6.39. The lowest BCUT2D eigenvalue weighted by atomic mass is 9.97. The van der Waals surface area contributed by atoms with Crippen LogP contribution >= 0.6 is 0 Å². The summed E-state index contributed by atoms with van der Waals surface area (Å²) in [5, 5.41) is 5.37. The van der Waals surface area contributed by atoms with Crippen molar-refractivity contribution in [1.29, 1.82) is 0 Å². The number of carbonyl (C=O) groups excluding carboxylic acids is 2. The molecule has 1 heterocycles. The van der Waals surface area contributed by atoms with E-state index in [9.17, 15) is 9.59 Å². The Morgan fingerprint density at radius 2 is 1.82 bits per heavy atom. The van der Waals surface area contributed by atoms with Crippen LogP contribution in [0.4, 0.5) is 5.69 Å². The molecule has 0 aliphatic heterocycles. The minimum atomic E-state index is -0.687. The smallest absolute Gasteiger partial charge is 0.313 e. The molecule has 0 aromatic carbocycles. The summed E-state index contributed by atoms with van der Waals surface area (Å²) in [4.78, 5) is 28.0. The lowest BCUT2D eigenvalue weighted by Crippen LogP contribution is -2.42. The Morgan fingerprint density at radius 3 is 2.50 bits per heavy atom. The number of rotatable bonds is 3. The predicted octanol–water partition coefficient (Wildman–Crippen LogP) is 2.26. The molecule has 22 heavy (non-hydrogen) atoms. The predicted molar refractivity (Wildman–Crippen MR) is 83.7 cm³/mol. The maximum Gasteiger partial charge on any atom is 0.313 e. The van der Waals surface area contributed by atoms with Gasteiger partial charge in [0.15, 0.2) is 0 Å². The molecule has 2 rings (SSSR count). The minimum Gasteiger partial charge on any atom is -0.480 e. The van der Waals surface area contributed by atoms with Gasteiger partial charge in [-0.2, -0.15) is 0 Å². The standard InChI is InChI=1S/C16H23N3O3/c1-22-16-13(10-7-11-17-16)19-15(21)14(20)18-12-8-5-3-2-4-6-9-12/h7,10-12H,2-6,8-9H2,1H3,(H,18,20)(H,19,21). The number of carbonyl (C=O) groups is 2. The molecular formula is C16H23N3O3. The Balaban J connectivity index is 1.89. The second kappa shape index (κ2) is 8.36. The largest absolute Gasteiger partial charge is 0.480 e. The van der Waals surface area contributed by atoms with Crippen LogP contribution in [0.1, 0.15) is 44.9 Å². The fourth-order valence-corrected chi connectivity index (χ4v) is 2.68. The highest BCUT2D eigenvalue weighted by atomic mass is 16.5. The van der Waals surface area contributed by atoms with Crippen molar-refractivity contribution in [2.45, 2.75) is 51.0 Å². The van der Waals surface area contributed by atoms with Gasteiger partial charge in [-0.1, -0.05) is 32.1 Å². The van der Waals surface area contributed by atoms with Gasteiger partial charge in [-0.25, -0.2) is 4.98 Å². The molecule has 0 spiro atoms. The van der Waals surface area contributed by atoms with E-state index in [0.717, 1.165) is 25.7 Å². The fourth-order valence-electron chi connectivity index (χ4n) is 2.68. The number of nitrogens with zero attached hydrogens (tertiary/aromatic N) is 1. The van der Waals surface area contributed by atoms with Crippen molar-refractivity contribution in [3.63, 3.8) is 0 Å². The number of anilines is 1. The molecule has 1 aromatic heterocycles. The molecular weight excluding hydrogens is 282 g/mol. The zero-order valence-electron chi connectivity index (χ0n) is 12.9. The first-order chi connectivity index (χ1) is 10.7. The van der Waals surface area contributed by atoms with Crippen LogP contribution in [0.3, 0.4) is 0 Å². The Bertz CT molecular complexity index is 511. The number of amides is 2. The molecule has 6 nitrogen and oxygen atoms in total. The van der Waals surface area contributed by atoms with Crippen LogP contribution in [0.15, 0.2) is 18.3 Å². The molecule has 1 aliphatic rings. The molecule has 2 amide bonds. The Kier molecular flexibility index (Phi) is 6.18. The van der Waals surface area contributed by atoms with Gasteiger partial charge >= 0.3 is 11.8 Å². The van der Waals surface area contributed by atoms with Gasteiger partial charge in [-0.3, -0.25) is 9.59 Å². The zero-order chi connectivity index (χ0) is 15.8. The SMILES string of the molecule is COc1ncccc1NC(=O)C(=O)NC1CCCCCCC1. The van der Waals surface area contributed by atoms with E-state index in [2.05, 4.69) is 15.6 Å². The molecule has 1 aromatic rings. The zero-order valence-corrected chi connectivity index (χ0v) is 12.9. The van der Waals surface area contributed by atoms with Crippen molar-refractivity contribution in [3.05, 3.63) is 18.3 Å². The van der Waals surface area contributed by atoms with E-state index in [4.69, 9.17) is 4.74 Å². The lowest BCUT2D eigenvalue weighted by molar-refractivity contribution is -0.136. The summed E-state index contributed by atoms with van der Waals surface area (Å²) in [6, 6.07) is 3.41. The summed E-state index contributed by atoms with van der Waals surface area (Å²) >= 11 is 0. The highest BCUT2D eigenvalue weighted by Gasteiger charge is 2.20. The van der Waals surface area contributed by atoms with Crippen molar-refractivity contribution in [1.82, 2.24) is 10.3 Å². The van der Waals surface area contributed by atoms with Gasteiger partial charge in [0, 0.05) is 12.2 Å². The first-order valence-corrected chi connectivity index (χ1v) is 7.81.